The van der Waals surface area contributed by atoms with Crippen LogP contribution in [0.4, 0.5) is 5.69 Å². The van der Waals surface area contributed by atoms with Crippen molar-refractivity contribution in [2.24, 2.45) is 7.05 Å². The number of benzene rings is 2. The summed E-state index contributed by atoms with van der Waals surface area (Å²) in [7, 11) is -1.71. The van der Waals surface area contributed by atoms with Gasteiger partial charge in [-0.15, -0.1) is 11.3 Å². The molecule has 198 valence electrons. The molecule has 38 heavy (non-hydrogen) atoms. The molecule has 5 rings (SSSR count). The van der Waals surface area contributed by atoms with Crippen LogP contribution < -0.4 is 9.62 Å². The normalized spacial score (nSPS) is 16.1. The minimum absolute atomic E-state index is 0.00386. The van der Waals surface area contributed by atoms with Gasteiger partial charge in [-0.2, -0.15) is 0 Å². The second-order valence-electron chi connectivity index (χ2n) is 9.83. The maximum Gasteiger partial charge on any atom is 0.250 e. The monoisotopic (exact) mass is 548 g/mol. The number of hydrogen-bond donors (Lipinski definition) is 1. The second kappa shape index (κ2) is 11.2. The van der Waals surface area contributed by atoms with Crippen LogP contribution in [0.15, 0.2) is 82.6 Å². The zero-order valence-electron chi connectivity index (χ0n) is 21.6. The number of rotatable bonds is 9. The number of fused-ring (bicyclic) bond motifs is 1. The molecule has 0 saturated heterocycles. The number of thiophene rings is 1. The predicted octanol–water partition coefficient (Wildman–Crippen LogP) is 5.56. The Hall–Kier alpha value is -3.27. The molecular formula is C29H32N4O3S2. The standard InChI is InChI=1S/C29H32N4O3S2/c1-21(22-8-4-3-5-9-22)18-28(34)33(20-27-30-15-16-32(27)2)24-14-13-23-10-6-11-26(25(23)19-24)31-38(35,36)29-12-7-17-37-29/h3-5,7-9,12-17,19,21,26,31H,6,10-11,18,20H2,1-2H3. The zero-order chi connectivity index (χ0) is 26.7. The molecule has 2 heterocycles. The molecular weight excluding hydrogens is 516 g/mol. The summed E-state index contributed by atoms with van der Waals surface area (Å²) in [6, 6.07) is 19.1. The van der Waals surface area contributed by atoms with Crippen molar-refractivity contribution in [3.8, 4) is 0 Å². The molecule has 0 saturated carbocycles. The van der Waals surface area contributed by atoms with Crippen molar-refractivity contribution in [1.82, 2.24) is 14.3 Å². The van der Waals surface area contributed by atoms with Crippen LogP contribution in [0.3, 0.4) is 0 Å². The van der Waals surface area contributed by atoms with E-state index in [2.05, 4.69) is 16.6 Å². The summed E-state index contributed by atoms with van der Waals surface area (Å²) in [6.07, 6.45) is 6.43. The van der Waals surface area contributed by atoms with Gasteiger partial charge in [0.2, 0.25) is 5.91 Å². The fourth-order valence-corrected chi connectivity index (χ4v) is 7.28. The van der Waals surface area contributed by atoms with E-state index in [-0.39, 0.29) is 17.9 Å². The van der Waals surface area contributed by atoms with E-state index in [0.29, 0.717) is 23.6 Å². The number of anilines is 1. The first-order chi connectivity index (χ1) is 18.3. The molecule has 9 heteroatoms. The zero-order valence-corrected chi connectivity index (χ0v) is 23.2. The molecule has 7 nitrogen and oxygen atoms in total. The van der Waals surface area contributed by atoms with Gasteiger partial charge in [0.05, 0.1) is 6.54 Å². The summed E-state index contributed by atoms with van der Waals surface area (Å²) in [5.41, 5.74) is 3.91. The number of nitrogens with one attached hydrogen (secondary N) is 1. The average Bonchev–Trinajstić information content (AvgIpc) is 3.60. The minimum Gasteiger partial charge on any atom is -0.337 e. The van der Waals surface area contributed by atoms with Gasteiger partial charge in [0, 0.05) is 37.6 Å². The summed E-state index contributed by atoms with van der Waals surface area (Å²) in [4.78, 5) is 20.0. The van der Waals surface area contributed by atoms with E-state index >= 15 is 0 Å². The van der Waals surface area contributed by atoms with Crippen molar-refractivity contribution in [2.75, 3.05) is 4.90 Å². The molecule has 0 fully saturated rings. The predicted molar refractivity (Wildman–Crippen MR) is 151 cm³/mol. The van der Waals surface area contributed by atoms with Gasteiger partial charge >= 0.3 is 0 Å². The van der Waals surface area contributed by atoms with Gasteiger partial charge in [-0.1, -0.05) is 49.4 Å². The van der Waals surface area contributed by atoms with Crippen LogP contribution in [0, 0.1) is 0 Å². The first-order valence-electron chi connectivity index (χ1n) is 12.8. The Morgan fingerprint density at radius 1 is 1.18 bits per heavy atom. The van der Waals surface area contributed by atoms with Crippen LogP contribution in [0.2, 0.25) is 0 Å². The lowest BCUT2D eigenvalue weighted by molar-refractivity contribution is -0.119. The lowest BCUT2D eigenvalue weighted by atomic mass is 9.87. The van der Waals surface area contributed by atoms with E-state index in [0.717, 1.165) is 41.0 Å². The van der Waals surface area contributed by atoms with E-state index in [9.17, 15) is 13.2 Å². The van der Waals surface area contributed by atoms with Gasteiger partial charge in [-0.25, -0.2) is 18.1 Å². The molecule has 0 aliphatic heterocycles. The number of carbonyl (C=O) groups is 1. The number of amides is 1. The van der Waals surface area contributed by atoms with Gasteiger partial charge in [-0.3, -0.25) is 4.79 Å². The Bertz CT molecular complexity index is 1500. The number of carbonyl (C=O) groups excluding carboxylic acids is 1. The van der Waals surface area contributed by atoms with E-state index in [1.807, 2.05) is 66.3 Å². The number of aromatic nitrogens is 2. The molecule has 0 bridgehead atoms. The fraction of sp³-hybridized carbons (Fsp3) is 0.310. The van der Waals surface area contributed by atoms with Crippen LogP contribution >= 0.6 is 11.3 Å². The van der Waals surface area contributed by atoms with E-state index in [4.69, 9.17) is 0 Å². The summed E-state index contributed by atoms with van der Waals surface area (Å²) < 4.78 is 31.2. The van der Waals surface area contributed by atoms with Crippen molar-refractivity contribution >= 4 is 33.0 Å². The third-order valence-electron chi connectivity index (χ3n) is 7.18. The second-order valence-corrected chi connectivity index (χ2v) is 12.7. The molecule has 2 aromatic heterocycles. The van der Waals surface area contributed by atoms with E-state index in [1.54, 1.807) is 28.6 Å². The molecule has 2 aromatic carbocycles. The highest BCUT2D eigenvalue weighted by molar-refractivity contribution is 7.91. The smallest absolute Gasteiger partial charge is 0.250 e. The van der Waals surface area contributed by atoms with E-state index < -0.39 is 10.0 Å². The van der Waals surface area contributed by atoms with Gasteiger partial charge in [0.15, 0.2) is 0 Å². The van der Waals surface area contributed by atoms with Crippen molar-refractivity contribution in [2.45, 2.75) is 55.3 Å². The Morgan fingerprint density at radius 2 is 2.00 bits per heavy atom. The van der Waals surface area contributed by atoms with Gasteiger partial charge in [0.1, 0.15) is 10.0 Å². The van der Waals surface area contributed by atoms with Crippen molar-refractivity contribution in [3.05, 3.63) is 101 Å². The Balaban J connectivity index is 1.46. The van der Waals surface area contributed by atoms with Gasteiger partial charge in [-0.05, 0) is 65.4 Å². The molecule has 0 spiro atoms. The maximum atomic E-state index is 13.8. The van der Waals surface area contributed by atoms with Crippen molar-refractivity contribution in [3.63, 3.8) is 0 Å². The Kier molecular flexibility index (Phi) is 7.78. The first kappa shape index (κ1) is 26.3. The molecule has 1 aliphatic carbocycles. The van der Waals surface area contributed by atoms with Gasteiger partial charge < -0.3 is 9.47 Å². The topological polar surface area (TPSA) is 84.3 Å². The molecule has 2 unspecified atom stereocenters. The van der Waals surface area contributed by atoms with Gasteiger partial charge in [0.25, 0.3) is 10.0 Å². The Labute approximate surface area is 228 Å². The molecule has 1 N–H and O–H groups in total. The molecule has 1 aliphatic rings. The summed E-state index contributed by atoms with van der Waals surface area (Å²) in [5.74, 6) is 0.824. The number of imidazole rings is 1. The minimum atomic E-state index is -3.63. The molecule has 2 atom stereocenters. The molecule has 4 aromatic rings. The first-order valence-corrected chi connectivity index (χ1v) is 15.2. The third-order valence-corrected chi connectivity index (χ3v) is 10.1. The summed E-state index contributed by atoms with van der Waals surface area (Å²) >= 11 is 1.21. The number of hydrogen-bond acceptors (Lipinski definition) is 5. The third kappa shape index (κ3) is 5.75. The highest BCUT2D eigenvalue weighted by Crippen LogP contribution is 2.35. The highest BCUT2D eigenvalue weighted by Gasteiger charge is 2.28. The fourth-order valence-electron chi connectivity index (χ4n) is 5.02. The lowest BCUT2D eigenvalue weighted by Gasteiger charge is -2.30. The summed E-state index contributed by atoms with van der Waals surface area (Å²) in [6.45, 7) is 2.39. The van der Waals surface area contributed by atoms with Crippen LogP contribution in [0.1, 0.15) is 60.7 Å². The quantitative estimate of drug-likeness (QED) is 0.297. The largest absolute Gasteiger partial charge is 0.337 e. The Morgan fingerprint density at radius 3 is 2.71 bits per heavy atom. The number of aryl methyl sites for hydroxylation is 2. The van der Waals surface area contributed by atoms with Crippen LogP contribution in [-0.4, -0.2) is 23.9 Å². The van der Waals surface area contributed by atoms with Crippen LogP contribution in [0.25, 0.3) is 0 Å². The lowest BCUT2D eigenvalue weighted by Crippen LogP contribution is -2.34. The van der Waals surface area contributed by atoms with Crippen LogP contribution in [-0.2, 0) is 34.8 Å². The number of nitrogens with zero attached hydrogens (tertiary/aromatic N) is 3. The SMILES string of the molecule is CC(CC(=O)N(Cc1nccn1C)c1ccc2c(c1)C(NS(=O)(=O)c1cccs1)CCC2)c1ccccc1. The average molecular weight is 549 g/mol. The van der Waals surface area contributed by atoms with E-state index in [1.165, 1.54) is 11.3 Å². The number of sulfonamides is 1. The molecule has 0 radical (unpaired) electrons. The molecule has 1 amide bonds. The van der Waals surface area contributed by atoms with Crippen molar-refractivity contribution in [1.29, 1.82) is 0 Å². The highest BCUT2D eigenvalue weighted by atomic mass is 32.2. The van der Waals surface area contributed by atoms with Crippen molar-refractivity contribution < 1.29 is 13.2 Å². The summed E-state index contributed by atoms with van der Waals surface area (Å²) in [5, 5.41) is 1.76. The maximum absolute atomic E-state index is 13.8. The van der Waals surface area contributed by atoms with Crippen LogP contribution in [0.5, 0.6) is 0 Å².